The van der Waals surface area contributed by atoms with Gasteiger partial charge in [-0.2, -0.15) is 5.10 Å². The lowest BCUT2D eigenvalue weighted by Gasteiger charge is -2.21. The second-order valence-corrected chi connectivity index (χ2v) is 32.1. The monoisotopic (exact) mass is 1730 g/mol. The standard InChI is InChI=1S/C19H19ClN2O4.C19H19FN2O4.2C19H20N2O4.C15H17N5O3/c1-10-5-7-21-18-13(10)6-8-22(18)19-16(25)15(24)17(26-19)14(23)11-3-2-4-12(20)9-11;1-10-6-8-21-18-13(10)7-9-22(18)19-16(25)15(24)17(26-19)14(23)11-2-4-12(20)5-3-11;2*1-11-7-9-20-18-13(11)8-10-21(18)19-16(24)15(23)17(25-19)14(22)12-5-3-2-4-6-12;1-9-10-3-6-20(14(10)17-8-16-9)15-13(22)12(21)11(23-15)7-19-5-2-4-18-19/h2*2-9,14-17,19,23-25H,1H3;2*2-10,14-17,19,22-24H,1H3;2-6,8,11-13,15,21-22H,7H2,1H3/t14-,15+,16-,17-,19-;14-,15-,16+,17+,19+;14-,15+,16-,17-,19-;14-,15-,16+,17+,19+;11-,12-,13-,15-/m10101/s1. The van der Waals surface area contributed by atoms with Gasteiger partial charge in [0, 0.05) is 100 Å². The molecule has 5 aliphatic rings. The van der Waals surface area contributed by atoms with Crippen molar-refractivity contribution >= 4 is 66.8 Å². The number of aryl methyl sites for hydroxylation is 5. The molecule has 5 fully saturated rings. The number of ether oxygens (including phenoxy) is 5. The number of pyridine rings is 4. The van der Waals surface area contributed by atoms with Crippen molar-refractivity contribution in [3.63, 3.8) is 0 Å². The van der Waals surface area contributed by atoms with Crippen LogP contribution in [0.25, 0.3) is 55.2 Å². The molecule has 16 heterocycles. The number of aromatic nitrogens is 13. The SMILES string of the molecule is Cc1ccnc2c1ccn2[C@@H]1O[C@H]([C@@H](O)c2ccc(F)cc2)[C@@H](O)[C@H]1O.Cc1ccnc2c1ccn2[C@@H]1O[C@H]([C@@H](O)c2ccccc2)[C@@H](O)[C@H]1O.Cc1ccnc2c1ccn2[C@@H]1O[C@H]([C@H](O)c2cccc(Cl)c2)[C@@H](O)[C@H]1O.Cc1ccnc2c1ccn2[C@@H]1O[C@H]([C@H](O)c2ccccc2)[C@@H](O)[C@H]1O.Cc1ncnc2c1ccn2[C@@H]1O[C@H](Cn2cccn2)[C@@H](O)[C@H]1O. The molecule has 0 saturated carbocycles. The third kappa shape index (κ3) is 17.4. The van der Waals surface area contributed by atoms with E-state index in [1.54, 1.807) is 175 Å². The van der Waals surface area contributed by atoms with E-state index < -0.39 is 153 Å². The van der Waals surface area contributed by atoms with Crippen molar-refractivity contribution in [1.29, 1.82) is 0 Å². The second-order valence-electron chi connectivity index (χ2n) is 31.6. The first-order chi connectivity index (χ1) is 60.2. The first-order valence-electron chi connectivity index (χ1n) is 40.6. The van der Waals surface area contributed by atoms with E-state index in [-0.39, 0.29) is 0 Å². The van der Waals surface area contributed by atoms with Crippen LogP contribution >= 0.6 is 11.6 Å². The van der Waals surface area contributed by atoms with Crippen molar-refractivity contribution in [1.82, 2.24) is 62.5 Å². The van der Waals surface area contributed by atoms with Gasteiger partial charge >= 0.3 is 0 Å². The molecule has 34 heteroatoms. The van der Waals surface area contributed by atoms with Gasteiger partial charge in [-0.3, -0.25) is 4.68 Å². The Morgan fingerprint density at radius 2 is 0.656 bits per heavy atom. The summed E-state index contributed by atoms with van der Waals surface area (Å²) in [6.07, 6.45) is -4.17. The Labute approximate surface area is 718 Å². The molecule has 4 aromatic carbocycles. The molecule has 652 valence electrons. The highest BCUT2D eigenvalue weighted by atomic mass is 35.5. The summed E-state index contributed by atoms with van der Waals surface area (Å²) in [5.74, 6) is -0.424. The number of hydrogen-bond donors (Lipinski definition) is 14. The molecule has 125 heavy (non-hydrogen) atoms. The molecular weight excluding hydrogens is 1630 g/mol. The van der Waals surface area contributed by atoms with Gasteiger partial charge in [-0.25, -0.2) is 34.3 Å². The van der Waals surface area contributed by atoms with E-state index in [0.29, 0.717) is 62.1 Å². The maximum Gasteiger partial charge on any atom is 0.164 e. The van der Waals surface area contributed by atoms with Crippen molar-refractivity contribution in [3.05, 3.63) is 305 Å². The zero-order valence-corrected chi connectivity index (χ0v) is 68.8. The highest BCUT2D eigenvalue weighted by Gasteiger charge is 2.52. The normalized spacial score (nSPS) is 27.5. The zero-order valence-electron chi connectivity index (χ0n) is 68.0. The van der Waals surface area contributed by atoms with Crippen LogP contribution in [0.4, 0.5) is 4.39 Å². The van der Waals surface area contributed by atoms with Crippen LogP contribution in [0.15, 0.2) is 244 Å². The summed E-state index contributed by atoms with van der Waals surface area (Å²) < 4.78 is 52.5. The summed E-state index contributed by atoms with van der Waals surface area (Å²) in [6, 6.07) is 48.8. The first-order valence-corrected chi connectivity index (χ1v) is 41.0. The molecule has 5 aliphatic heterocycles. The molecule has 11 aromatic heterocycles. The Bertz CT molecular complexity index is 6020. The minimum atomic E-state index is -1.30. The molecule has 32 nitrogen and oxygen atoms in total. The lowest BCUT2D eigenvalue weighted by molar-refractivity contribution is -0.0848. The van der Waals surface area contributed by atoms with E-state index in [0.717, 1.165) is 54.9 Å². The minimum absolute atomic E-state index is 0.370. The van der Waals surface area contributed by atoms with Crippen LogP contribution in [0, 0.1) is 40.4 Å². The Hall–Kier alpha value is -11.1. The number of fused-ring (bicyclic) bond motifs is 5. The summed E-state index contributed by atoms with van der Waals surface area (Å²) in [4.78, 5) is 25.8. The second kappa shape index (κ2) is 37.2. The number of hydrogen-bond acceptors (Lipinski definition) is 26. The van der Waals surface area contributed by atoms with E-state index in [4.69, 9.17) is 35.3 Å². The van der Waals surface area contributed by atoms with Gasteiger partial charge in [-0.15, -0.1) is 0 Å². The lowest BCUT2D eigenvalue weighted by Crippen LogP contribution is -2.34. The highest BCUT2D eigenvalue weighted by molar-refractivity contribution is 6.30. The van der Waals surface area contributed by atoms with Crippen LogP contribution in [-0.4, -0.2) is 226 Å². The summed E-state index contributed by atoms with van der Waals surface area (Å²) in [7, 11) is 0. The van der Waals surface area contributed by atoms with E-state index >= 15 is 0 Å². The van der Waals surface area contributed by atoms with E-state index in [9.17, 15) is 75.9 Å². The maximum absolute atomic E-state index is 13.1. The maximum atomic E-state index is 13.1. The van der Waals surface area contributed by atoms with Crippen LogP contribution in [0.5, 0.6) is 0 Å². The van der Waals surface area contributed by atoms with Crippen LogP contribution in [0.2, 0.25) is 5.02 Å². The van der Waals surface area contributed by atoms with Gasteiger partial charge in [0.25, 0.3) is 0 Å². The molecule has 5 saturated heterocycles. The summed E-state index contributed by atoms with van der Waals surface area (Å²) >= 11 is 5.97. The molecule has 14 N–H and O–H groups in total. The Morgan fingerprint density at radius 3 is 1.02 bits per heavy atom. The number of aliphatic hydroxyl groups excluding tert-OH is 14. The fourth-order valence-corrected chi connectivity index (χ4v) is 16.9. The first kappa shape index (κ1) is 87.4. The molecule has 15 aromatic rings. The number of rotatable bonds is 15. The number of halogens is 2. The molecule has 0 spiro atoms. The predicted octanol–water partition coefficient (Wildman–Crippen LogP) is 7.84. The van der Waals surface area contributed by atoms with Gasteiger partial charge < -0.3 is 118 Å². The molecule has 20 rings (SSSR count). The van der Waals surface area contributed by atoms with Gasteiger partial charge in [0.1, 0.15) is 156 Å². The zero-order chi connectivity index (χ0) is 87.9. The molecule has 0 unspecified atom stereocenters. The molecule has 24 atom stereocenters. The quantitative estimate of drug-likeness (QED) is 0.0464. The van der Waals surface area contributed by atoms with Crippen molar-refractivity contribution in [3.8, 4) is 0 Å². The van der Waals surface area contributed by atoms with Gasteiger partial charge in [0.15, 0.2) is 31.1 Å². The minimum Gasteiger partial charge on any atom is -0.387 e. The summed E-state index contributed by atoms with van der Waals surface area (Å²) in [5.41, 5.74) is 10.5. The topological polar surface area (TPSA) is 449 Å². The van der Waals surface area contributed by atoms with Crippen molar-refractivity contribution < 1.29 is 99.6 Å². The van der Waals surface area contributed by atoms with E-state index in [1.165, 1.54) is 30.6 Å². The third-order valence-electron chi connectivity index (χ3n) is 23.7. The van der Waals surface area contributed by atoms with Gasteiger partial charge in [-0.05, 0) is 164 Å². The van der Waals surface area contributed by atoms with Gasteiger partial charge in [0.05, 0.1) is 12.2 Å². The van der Waals surface area contributed by atoms with E-state index in [2.05, 4.69) is 35.0 Å². The number of nitrogens with zero attached hydrogens (tertiary/aromatic N) is 13. The molecule has 0 aliphatic carbocycles. The smallest absolute Gasteiger partial charge is 0.164 e. The number of benzene rings is 4. The molecular formula is C91H95ClFN13O19. The third-order valence-corrected chi connectivity index (χ3v) is 23.9. The van der Waals surface area contributed by atoms with Gasteiger partial charge in [0.2, 0.25) is 0 Å². The fraction of sp³-hybridized carbons (Fsp3) is 0.330. The average molecular weight is 1730 g/mol. The lowest BCUT2D eigenvalue weighted by atomic mass is 9.99. The Balaban J connectivity index is 0.000000115. The Morgan fingerprint density at radius 1 is 0.328 bits per heavy atom. The van der Waals surface area contributed by atoms with Crippen LogP contribution in [-0.2, 0) is 30.2 Å². The van der Waals surface area contributed by atoms with Crippen molar-refractivity contribution in [2.75, 3.05) is 0 Å². The van der Waals surface area contributed by atoms with Crippen molar-refractivity contribution in [2.45, 2.75) is 188 Å². The Kier molecular flexibility index (Phi) is 26.0. The molecule has 0 amide bonds. The van der Waals surface area contributed by atoms with E-state index in [1.807, 2.05) is 101 Å². The van der Waals surface area contributed by atoms with Crippen LogP contribution in [0.1, 0.15) is 106 Å². The molecule has 0 radical (unpaired) electrons. The fourth-order valence-electron chi connectivity index (χ4n) is 16.7. The largest absolute Gasteiger partial charge is 0.387 e. The van der Waals surface area contributed by atoms with Crippen LogP contribution in [0.3, 0.4) is 0 Å². The average Bonchev–Trinajstić information content (AvgIpc) is 1.64. The summed E-state index contributed by atoms with van der Waals surface area (Å²) in [5, 5.41) is 156. The number of aliphatic hydroxyl groups is 14. The van der Waals surface area contributed by atoms with Crippen molar-refractivity contribution in [2.24, 2.45) is 0 Å². The highest BCUT2D eigenvalue weighted by Crippen LogP contribution is 2.44. The molecule has 0 bridgehead atoms. The summed E-state index contributed by atoms with van der Waals surface area (Å²) in [6.45, 7) is 10.2. The van der Waals surface area contributed by atoms with Gasteiger partial charge in [-0.1, -0.05) is 96.5 Å². The predicted molar refractivity (Wildman–Crippen MR) is 453 cm³/mol. The van der Waals surface area contributed by atoms with Crippen LogP contribution < -0.4 is 0 Å².